The lowest BCUT2D eigenvalue weighted by Gasteiger charge is -2.22. The van der Waals surface area contributed by atoms with Crippen LogP contribution < -0.4 is 18.9 Å². The predicted octanol–water partition coefficient (Wildman–Crippen LogP) is 3.96. The summed E-state index contributed by atoms with van der Waals surface area (Å²) in [5.41, 5.74) is 2.20. The summed E-state index contributed by atoms with van der Waals surface area (Å²) in [5.74, 6) is 3.16. The number of fused-ring (bicyclic) bond motifs is 2. The minimum atomic E-state index is -0.460. The number of aliphatic hydroxyl groups excluding tert-OH is 1. The van der Waals surface area contributed by atoms with Crippen molar-refractivity contribution in [2.24, 2.45) is 0 Å². The molecule has 0 aromatic heterocycles. The number of ether oxygens (including phenoxy) is 4. The first kappa shape index (κ1) is 18.3. The largest absolute Gasteiger partial charge is 0.496 e. The first-order valence-corrected chi connectivity index (χ1v) is 9.64. The lowest BCUT2D eigenvalue weighted by Crippen LogP contribution is -2.19. The molecule has 2 aliphatic heterocycles. The van der Waals surface area contributed by atoms with Crippen molar-refractivity contribution in [3.63, 3.8) is 0 Å². The fraction of sp³-hybridized carbons (Fsp3) is 0.429. The molecule has 0 fully saturated rings. The Morgan fingerprint density at radius 2 is 2.00 bits per heavy atom. The van der Waals surface area contributed by atoms with Crippen molar-refractivity contribution in [2.45, 2.75) is 49.2 Å². The van der Waals surface area contributed by atoms with Gasteiger partial charge >= 0.3 is 0 Å². The SMILES string of the molecule is COc1cc2c(cc1S)O[C@@H](CC[C@H](c1ccc3c(c1)OCO3)C(C)O)C2. The number of rotatable bonds is 6. The van der Waals surface area contributed by atoms with E-state index >= 15 is 0 Å². The standard InChI is InChI=1S/C21H24O5S/c1-12(22)16(13-3-6-17-19(8-13)25-11-24-17)5-4-15-7-14-9-20(23-2)21(27)10-18(14)26-15/h3,6,8-10,12,15-16,22,27H,4-5,7,11H2,1-2H3/t12?,15-,16-/m0/s1. The van der Waals surface area contributed by atoms with Crippen molar-refractivity contribution in [3.05, 3.63) is 41.5 Å². The van der Waals surface area contributed by atoms with Crippen LogP contribution in [0.15, 0.2) is 35.2 Å². The van der Waals surface area contributed by atoms with Crippen LogP contribution in [0.25, 0.3) is 0 Å². The van der Waals surface area contributed by atoms with E-state index in [1.54, 1.807) is 7.11 Å². The van der Waals surface area contributed by atoms with Crippen molar-refractivity contribution < 1.29 is 24.1 Å². The normalized spacial score (nSPS) is 19.3. The fourth-order valence-corrected chi connectivity index (χ4v) is 4.12. The molecule has 2 heterocycles. The van der Waals surface area contributed by atoms with Crippen LogP contribution in [-0.4, -0.2) is 31.2 Å². The zero-order valence-electron chi connectivity index (χ0n) is 15.5. The maximum Gasteiger partial charge on any atom is 0.231 e. The van der Waals surface area contributed by atoms with E-state index in [4.69, 9.17) is 18.9 Å². The molecule has 2 aliphatic rings. The maximum atomic E-state index is 10.3. The average Bonchev–Trinajstić information content (AvgIpc) is 3.26. The smallest absolute Gasteiger partial charge is 0.231 e. The van der Waals surface area contributed by atoms with Crippen molar-refractivity contribution in [3.8, 4) is 23.0 Å². The molecule has 5 nitrogen and oxygen atoms in total. The summed E-state index contributed by atoms with van der Waals surface area (Å²) in [5, 5.41) is 10.3. The van der Waals surface area contributed by atoms with Gasteiger partial charge in [-0.1, -0.05) is 6.07 Å². The number of hydrogen-bond acceptors (Lipinski definition) is 6. The second kappa shape index (κ2) is 7.52. The van der Waals surface area contributed by atoms with Crippen LogP contribution in [0.4, 0.5) is 0 Å². The average molecular weight is 388 g/mol. The molecule has 2 aromatic carbocycles. The molecular formula is C21H24O5S. The Labute approximate surface area is 164 Å². The molecule has 4 rings (SSSR count). The van der Waals surface area contributed by atoms with Gasteiger partial charge in [0, 0.05) is 22.8 Å². The number of methoxy groups -OCH3 is 1. The molecule has 27 heavy (non-hydrogen) atoms. The Morgan fingerprint density at radius 1 is 1.19 bits per heavy atom. The summed E-state index contributed by atoms with van der Waals surface area (Å²) < 4.78 is 22.3. The van der Waals surface area contributed by atoms with E-state index in [-0.39, 0.29) is 18.8 Å². The van der Waals surface area contributed by atoms with Gasteiger partial charge in [-0.25, -0.2) is 0 Å². The van der Waals surface area contributed by atoms with Gasteiger partial charge in [-0.15, -0.1) is 12.6 Å². The van der Waals surface area contributed by atoms with Gasteiger partial charge in [-0.3, -0.25) is 0 Å². The van der Waals surface area contributed by atoms with Crippen LogP contribution in [0.3, 0.4) is 0 Å². The van der Waals surface area contributed by atoms with E-state index in [2.05, 4.69) is 12.6 Å². The van der Waals surface area contributed by atoms with E-state index in [1.165, 1.54) is 0 Å². The minimum absolute atomic E-state index is 0.0155. The number of benzene rings is 2. The van der Waals surface area contributed by atoms with Crippen LogP contribution in [0.1, 0.15) is 36.8 Å². The maximum absolute atomic E-state index is 10.3. The molecule has 144 valence electrons. The first-order valence-electron chi connectivity index (χ1n) is 9.19. The van der Waals surface area contributed by atoms with E-state index in [1.807, 2.05) is 37.3 Å². The third-order valence-corrected chi connectivity index (χ3v) is 5.66. The van der Waals surface area contributed by atoms with Gasteiger partial charge < -0.3 is 24.1 Å². The molecular weight excluding hydrogens is 364 g/mol. The molecule has 0 aliphatic carbocycles. The third kappa shape index (κ3) is 3.69. The van der Waals surface area contributed by atoms with E-state index in [0.29, 0.717) is 0 Å². The molecule has 1 unspecified atom stereocenters. The summed E-state index contributed by atoms with van der Waals surface area (Å²) in [4.78, 5) is 0.777. The Hall–Kier alpha value is -2.05. The summed E-state index contributed by atoms with van der Waals surface area (Å²) in [6.07, 6.45) is 2.14. The van der Waals surface area contributed by atoms with Crippen LogP contribution in [0.5, 0.6) is 23.0 Å². The van der Waals surface area contributed by atoms with Gasteiger partial charge in [0.05, 0.1) is 13.2 Å². The van der Waals surface area contributed by atoms with E-state index in [9.17, 15) is 5.11 Å². The highest BCUT2D eigenvalue weighted by Crippen LogP contribution is 2.40. The summed E-state index contributed by atoms with van der Waals surface area (Å²) in [7, 11) is 1.65. The van der Waals surface area contributed by atoms with Crippen LogP contribution >= 0.6 is 12.6 Å². The van der Waals surface area contributed by atoms with Gasteiger partial charge in [-0.2, -0.15) is 0 Å². The molecule has 0 spiro atoms. The Bertz CT molecular complexity index is 836. The Morgan fingerprint density at radius 3 is 2.78 bits per heavy atom. The molecule has 0 saturated heterocycles. The monoisotopic (exact) mass is 388 g/mol. The zero-order valence-corrected chi connectivity index (χ0v) is 16.4. The van der Waals surface area contributed by atoms with Crippen molar-refractivity contribution in [1.29, 1.82) is 0 Å². The zero-order chi connectivity index (χ0) is 19.0. The lowest BCUT2D eigenvalue weighted by atomic mass is 9.88. The molecule has 6 heteroatoms. The summed E-state index contributed by atoms with van der Waals surface area (Å²) in [6, 6.07) is 9.81. The molecule has 0 saturated carbocycles. The molecule has 0 radical (unpaired) electrons. The first-order chi connectivity index (χ1) is 13.0. The Kier molecular flexibility index (Phi) is 5.10. The highest BCUT2D eigenvalue weighted by atomic mass is 32.1. The second-order valence-electron chi connectivity index (χ2n) is 7.11. The van der Waals surface area contributed by atoms with Gasteiger partial charge in [0.25, 0.3) is 0 Å². The lowest BCUT2D eigenvalue weighted by molar-refractivity contribution is 0.143. The predicted molar refractivity (Wildman–Crippen MR) is 105 cm³/mol. The quantitative estimate of drug-likeness (QED) is 0.734. The van der Waals surface area contributed by atoms with Gasteiger partial charge in [0.1, 0.15) is 17.6 Å². The highest BCUT2D eigenvalue weighted by molar-refractivity contribution is 7.80. The van der Waals surface area contributed by atoms with Gasteiger partial charge in [0.2, 0.25) is 6.79 Å². The van der Waals surface area contributed by atoms with Crippen LogP contribution in [0, 0.1) is 0 Å². The molecule has 2 aromatic rings. The van der Waals surface area contributed by atoms with Crippen molar-refractivity contribution in [2.75, 3.05) is 13.9 Å². The van der Waals surface area contributed by atoms with E-state index in [0.717, 1.165) is 58.3 Å². The van der Waals surface area contributed by atoms with Crippen molar-refractivity contribution in [1.82, 2.24) is 0 Å². The number of hydrogen-bond donors (Lipinski definition) is 2. The highest BCUT2D eigenvalue weighted by Gasteiger charge is 2.27. The van der Waals surface area contributed by atoms with E-state index < -0.39 is 6.10 Å². The molecule has 0 amide bonds. The van der Waals surface area contributed by atoms with Crippen molar-refractivity contribution >= 4 is 12.6 Å². The molecule has 0 bridgehead atoms. The van der Waals surface area contributed by atoms with Gasteiger partial charge in [-0.05, 0) is 49.6 Å². The second-order valence-corrected chi connectivity index (χ2v) is 7.59. The summed E-state index contributed by atoms with van der Waals surface area (Å²) >= 11 is 4.44. The topological polar surface area (TPSA) is 57.2 Å². The number of thiol groups is 1. The minimum Gasteiger partial charge on any atom is -0.496 e. The molecule has 1 N–H and O–H groups in total. The Balaban J connectivity index is 1.43. The number of aliphatic hydroxyl groups is 1. The van der Waals surface area contributed by atoms with Gasteiger partial charge in [0.15, 0.2) is 11.5 Å². The van der Waals surface area contributed by atoms with Crippen LogP contribution in [0.2, 0.25) is 0 Å². The fourth-order valence-electron chi connectivity index (χ4n) is 3.85. The summed E-state index contributed by atoms with van der Waals surface area (Å²) in [6.45, 7) is 2.08. The van der Waals surface area contributed by atoms with Crippen LogP contribution in [-0.2, 0) is 6.42 Å². The third-order valence-electron chi connectivity index (χ3n) is 5.31. The molecule has 3 atom stereocenters.